The first-order valence-electron chi connectivity index (χ1n) is 8.62. The third-order valence-corrected chi connectivity index (χ3v) is 4.73. The number of ether oxygens (including phenoxy) is 1. The van der Waals surface area contributed by atoms with Crippen molar-refractivity contribution in [2.45, 2.75) is 25.8 Å². The molecule has 132 valence electrons. The lowest BCUT2D eigenvalue weighted by Crippen LogP contribution is -2.55. The second-order valence-electron chi connectivity index (χ2n) is 6.36. The minimum absolute atomic E-state index is 0.0386. The Balaban J connectivity index is 1.68. The van der Waals surface area contributed by atoms with Crippen molar-refractivity contribution >= 4 is 11.8 Å². The summed E-state index contributed by atoms with van der Waals surface area (Å²) < 4.78 is 4.92. The Morgan fingerprint density at radius 1 is 1.09 bits per heavy atom. The zero-order valence-corrected chi connectivity index (χ0v) is 14.4. The van der Waals surface area contributed by atoms with Gasteiger partial charge in [0, 0.05) is 52.9 Å². The number of nitrogens with zero attached hydrogens (tertiary/aromatic N) is 3. The SMILES string of the molecule is COCCNC(=O)CN1CCN(C(C)C(=O)N2CCCC2)CC1. The Morgan fingerprint density at radius 3 is 2.35 bits per heavy atom. The molecule has 2 heterocycles. The maximum atomic E-state index is 12.4. The van der Waals surface area contributed by atoms with Gasteiger partial charge in [0.05, 0.1) is 19.2 Å². The number of likely N-dealkylation sites (tertiary alicyclic amines) is 1. The molecule has 0 saturated carbocycles. The normalized spacial score (nSPS) is 21.4. The highest BCUT2D eigenvalue weighted by Crippen LogP contribution is 2.13. The van der Waals surface area contributed by atoms with Crippen LogP contribution < -0.4 is 5.32 Å². The molecule has 0 aromatic rings. The van der Waals surface area contributed by atoms with Crippen LogP contribution in [0.15, 0.2) is 0 Å². The Hall–Kier alpha value is -1.18. The van der Waals surface area contributed by atoms with Gasteiger partial charge >= 0.3 is 0 Å². The van der Waals surface area contributed by atoms with E-state index in [4.69, 9.17) is 4.74 Å². The number of nitrogens with one attached hydrogen (secondary N) is 1. The first-order valence-corrected chi connectivity index (χ1v) is 8.62. The zero-order valence-electron chi connectivity index (χ0n) is 14.4. The number of amides is 2. The summed E-state index contributed by atoms with van der Waals surface area (Å²) in [4.78, 5) is 30.6. The molecule has 7 heteroatoms. The molecule has 2 saturated heterocycles. The van der Waals surface area contributed by atoms with Gasteiger partial charge < -0.3 is 15.0 Å². The Labute approximate surface area is 138 Å². The second-order valence-corrected chi connectivity index (χ2v) is 6.36. The van der Waals surface area contributed by atoms with Crippen molar-refractivity contribution in [2.75, 3.05) is 66.1 Å². The van der Waals surface area contributed by atoms with E-state index in [2.05, 4.69) is 15.1 Å². The Kier molecular flexibility index (Phi) is 7.26. The summed E-state index contributed by atoms with van der Waals surface area (Å²) in [6, 6.07) is -0.0502. The molecular formula is C16H30N4O3. The van der Waals surface area contributed by atoms with E-state index in [1.165, 1.54) is 0 Å². The van der Waals surface area contributed by atoms with Crippen LogP contribution in [0, 0.1) is 0 Å². The van der Waals surface area contributed by atoms with Crippen LogP contribution in [0.5, 0.6) is 0 Å². The summed E-state index contributed by atoms with van der Waals surface area (Å²) in [5.74, 6) is 0.296. The van der Waals surface area contributed by atoms with E-state index in [9.17, 15) is 9.59 Å². The lowest BCUT2D eigenvalue weighted by atomic mass is 10.2. The molecule has 1 unspecified atom stereocenters. The van der Waals surface area contributed by atoms with Gasteiger partial charge in [0.1, 0.15) is 0 Å². The van der Waals surface area contributed by atoms with Crippen LogP contribution in [0.25, 0.3) is 0 Å². The van der Waals surface area contributed by atoms with Gasteiger partial charge in [0.25, 0.3) is 0 Å². The molecule has 0 bridgehead atoms. The summed E-state index contributed by atoms with van der Waals surface area (Å²) in [5.41, 5.74) is 0. The maximum Gasteiger partial charge on any atom is 0.239 e. The highest BCUT2D eigenvalue weighted by molar-refractivity contribution is 5.81. The first kappa shape index (κ1) is 18.2. The van der Waals surface area contributed by atoms with Crippen molar-refractivity contribution in [3.63, 3.8) is 0 Å². The molecule has 2 rings (SSSR count). The Bertz CT molecular complexity index is 391. The van der Waals surface area contributed by atoms with Gasteiger partial charge in [-0.15, -0.1) is 0 Å². The number of hydrogen-bond acceptors (Lipinski definition) is 5. The molecule has 2 aliphatic heterocycles. The number of hydrogen-bond donors (Lipinski definition) is 1. The maximum absolute atomic E-state index is 12.4. The number of carbonyl (C=O) groups is 2. The molecular weight excluding hydrogens is 296 g/mol. The van der Waals surface area contributed by atoms with Gasteiger partial charge in [0.15, 0.2) is 0 Å². The van der Waals surface area contributed by atoms with Crippen LogP contribution in [-0.2, 0) is 14.3 Å². The van der Waals surface area contributed by atoms with E-state index in [0.29, 0.717) is 19.7 Å². The van der Waals surface area contributed by atoms with Crippen LogP contribution in [0.3, 0.4) is 0 Å². The van der Waals surface area contributed by atoms with E-state index < -0.39 is 0 Å². The molecule has 2 aliphatic rings. The number of methoxy groups -OCH3 is 1. The quantitative estimate of drug-likeness (QED) is 0.632. The van der Waals surface area contributed by atoms with Crippen LogP contribution in [0.1, 0.15) is 19.8 Å². The lowest BCUT2D eigenvalue weighted by molar-refractivity contribution is -0.136. The molecule has 0 aromatic heterocycles. The molecule has 0 spiro atoms. The fourth-order valence-electron chi connectivity index (χ4n) is 3.22. The van der Waals surface area contributed by atoms with Crippen molar-refractivity contribution in [3.8, 4) is 0 Å². The van der Waals surface area contributed by atoms with Crippen molar-refractivity contribution in [2.24, 2.45) is 0 Å². The smallest absolute Gasteiger partial charge is 0.239 e. The van der Waals surface area contributed by atoms with Gasteiger partial charge in [-0.3, -0.25) is 19.4 Å². The standard InChI is InChI=1S/C16H30N4O3/c1-14(16(22)20-6-3-4-7-20)19-10-8-18(9-11-19)13-15(21)17-5-12-23-2/h14H,3-13H2,1-2H3,(H,17,21). The third kappa shape index (κ3) is 5.44. The summed E-state index contributed by atoms with van der Waals surface area (Å²) in [5, 5.41) is 2.84. The molecule has 0 radical (unpaired) electrons. The predicted octanol–water partition coefficient (Wildman–Crippen LogP) is -0.622. The average molecular weight is 326 g/mol. The third-order valence-electron chi connectivity index (χ3n) is 4.73. The minimum atomic E-state index is -0.0502. The average Bonchev–Trinajstić information content (AvgIpc) is 3.09. The molecule has 23 heavy (non-hydrogen) atoms. The van der Waals surface area contributed by atoms with Gasteiger partial charge in [-0.2, -0.15) is 0 Å². The summed E-state index contributed by atoms with van der Waals surface area (Å²) in [6.45, 7) is 8.67. The van der Waals surface area contributed by atoms with Crippen molar-refractivity contribution in [1.82, 2.24) is 20.0 Å². The highest BCUT2D eigenvalue weighted by Gasteiger charge is 2.30. The fourth-order valence-corrected chi connectivity index (χ4v) is 3.22. The van der Waals surface area contributed by atoms with Crippen LogP contribution in [-0.4, -0.2) is 98.6 Å². The predicted molar refractivity (Wildman–Crippen MR) is 88.2 cm³/mol. The highest BCUT2D eigenvalue weighted by atomic mass is 16.5. The molecule has 0 aromatic carbocycles. The molecule has 2 fully saturated rings. The molecule has 1 N–H and O–H groups in total. The zero-order chi connectivity index (χ0) is 16.7. The second kappa shape index (κ2) is 9.20. The first-order chi connectivity index (χ1) is 11.1. The van der Waals surface area contributed by atoms with Gasteiger partial charge in [0.2, 0.25) is 11.8 Å². The summed E-state index contributed by atoms with van der Waals surface area (Å²) in [6.07, 6.45) is 2.26. The Morgan fingerprint density at radius 2 is 1.74 bits per heavy atom. The largest absolute Gasteiger partial charge is 0.383 e. The van der Waals surface area contributed by atoms with Crippen LogP contribution in [0.4, 0.5) is 0 Å². The molecule has 2 amide bonds. The van der Waals surface area contributed by atoms with Crippen LogP contribution in [0.2, 0.25) is 0 Å². The van der Waals surface area contributed by atoms with E-state index >= 15 is 0 Å². The van der Waals surface area contributed by atoms with Crippen molar-refractivity contribution in [1.29, 1.82) is 0 Å². The van der Waals surface area contributed by atoms with E-state index in [1.54, 1.807) is 7.11 Å². The lowest BCUT2D eigenvalue weighted by Gasteiger charge is -2.38. The van der Waals surface area contributed by atoms with Gasteiger partial charge in [-0.25, -0.2) is 0 Å². The number of piperazine rings is 1. The van der Waals surface area contributed by atoms with E-state index in [0.717, 1.165) is 52.1 Å². The minimum Gasteiger partial charge on any atom is -0.383 e. The van der Waals surface area contributed by atoms with E-state index in [-0.39, 0.29) is 17.9 Å². The number of rotatable bonds is 7. The van der Waals surface area contributed by atoms with E-state index in [1.807, 2.05) is 11.8 Å². The fraction of sp³-hybridized carbons (Fsp3) is 0.875. The van der Waals surface area contributed by atoms with Crippen LogP contribution >= 0.6 is 0 Å². The molecule has 0 aliphatic carbocycles. The topological polar surface area (TPSA) is 65.1 Å². The van der Waals surface area contributed by atoms with Crippen molar-refractivity contribution < 1.29 is 14.3 Å². The van der Waals surface area contributed by atoms with Gasteiger partial charge in [-0.1, -0.05) is 0 Å². The van der Waals surface area contributed by atoms with Crippen molar-refractivity contribution in [3.05, 3.63) is 0 Å². The monoisotopic (exact) mass is 326 g/mol. The van der Waals surface area contributed by atoms with Gasteiger partial charge in [-0.05, 0) is 19.8 Å². The molecule has 7 nitrogen and oxygen atoms in total. The summed E-state index contributed by atoms with van der Waals surface area (Å²) >= 11 is 0. The number of carbonyl (C=O) groups excluding carboxylic acids is 2. The summed E-state index contributed by atoms with van der Waals surface area (Å²) in [7, 11) is 1.62. The molecule has 1 atom stereocenters.